The van der Waals surface area contributed by atoms with Crippen molar-refractivity contribution in [3.05, 3.63) is 5.01 Å². The van der Waals surface area contributed by atoms with Crippen molar-refractivity contribution in [3.63, 3.8) is 0 Å². The molecule has 1 N–H and O–H groups in total. The standard InChI is InChI=1S/C6H8N2S2/c1-3-7-5-6(9-3)10-4(2)8-5/h3,7H,1-2H3. The van der Waals surface area contributed by atoms with E-state index in [2.05, 4.69) is 17.2 Å². The monoisotopic (exact) mass is 172 g/mol. The number of rotatable bonds is 0. The van der Waals surface area contributed by atoms with Gasteiger partial charge < -0.3 is 5.32 Å². The zero-order valence-electron chi connectivity index (χ0n) is 5.84. The van der Waals surface area contributed by atoms with Crippen LogP contribution in [0.3, 0.4) is 0 Å². The first-order valence-electron chi connectivity index (χ1n) is 3.16. The molecule has 1 aliphatic rings. The summed E-state index contributed by atoms with van der Waals surface area (Å²) in [6, 6.07) is 0. The fourth-order valence-electron chi connectivity index (χ4n) is 0.962. The molecule has 2 heterocycles. The molecule has 10 heavy (non-hydrogen) atoms. The van der Waals surface area contributed by atoms with Crippen LogP contribution in [0.2, 0.25) is 0 Å². The average Bonchev–Trinajstić information content (AvgIpc) is 2.21. The van der Waals surface area contributed by atoms with Crippen LogP contribution in [0.25, 0.3) is 0 Å². The smallest absolute Gasteiger partial charge is 0.152 e. The van der Waals surface area contributed by atoms with E-state index in [1.54, 1.807) is 11.3 Å². The molecule has 0 fully saturated rings. The summed E-state index contributed by atoms with van der Waals surface area (Å²) in [5.74, 6) is 1.08. The van der Waals surface area contributed by atoms with E-state index in [0.717, 1.165) is 10.8 Å². The molecule has 54 valence electrons. The third-order valence-electron chi connectivity index (χ3n) is 1.33. The predicted molar refractivity (Wildman–Crippen MR) is 45.8 cm³/mol. The van der Waals surface area contributed by atoms with Gasteiger partial charge in [-0.1, -0.05) is 11.8 Å². The summed E-state index contributed by atoms with van der Waals surface area (Å²) in [5.41, 5.74) is 0. The lowest BCUT2D eigenvalue weighted by molar-refractivity contribution is 1.11. The number of hydrogen-bond acceptors (Lipinski definition) is 4. The Morgan fingerprint density at radius 1 is 1.60 bits per heavy atom. The van der Waals surface area contributed by atoms with Crippen LogP contribution >= 0.6 is 23.1 Å². The van der Waals surface area contributed by atoms with Gasteiger partial charge in [0.2, 0.25) is 0 Å². The number of thiazole rings is 1. The second-order valence-electron chi connectivity index (χ2n) is 2.27. The van der Waals surface area contributed by atoms with Crippen LogP contribution in [-0.4, -0.2) is 10.4 Å². The van der Waals surface area contributed by atoms with Crippen LogP contribution in [-0.2, 0) is 0 Å². The van der Waals surface area contributed by atoms with Crippen LogP contribution in [0.4, 0.5) is 5.82 Å². The quantitative estimate of drug-likeness (QED) is 0.650. The Labute approximate surface area is 68.1 Å². The van der Waals surface area contributed by atoms with E-state index in [1.807, 2.05) is 18.7 Å². The van der Waals surface area contributed by atoms with Gasteiger partial charge in [0.25, 0.3) is 0 Å². The summed E-state index contributed by atoms with van der Waals surface area (Å²) < 4.78 is 1.34. The lowest BCUT2D eigenvalue weighted by atomic mass is 10.7. The van der Waals surface area contributed by atoms with Crippen molar-refractivity contribution < 1.29 is 0 Å². The molecule has 0 amide bonds. The Kier molecular flexibility index (Phi) is 1.38. The average molecular weight is 172 g/mol. The van der Waals surface area contributed by atoms with E-state index in [0.29, 0.717) is 5.37 Å². The van der Waals surface area contributed by atoms with E-state index in [9.17, 15) is 0 Å². The highest BCUT2D eigenvalue weighted by atomic mass is 32.2. The molecule has 4 heteroatoms. The summed E-state index contributed by atoms with van der Waals surface area (Å²) in [6.07, 6.45) is 0. The van der Waals surface area contributed by atoms with Crippen LogP contribution in [0.15, 0.2) is 4.21 Å². The molecule has 1 aromatic heterocycles. The van der Waals surface area contributed by atoms with E-state index < -0.39 is 0 Å². The maximum absolute atomic E-state index is 4.33. The van der Waals surface area contributed by atoms with Crippen molar-refractivity contribution in [2.24, 2.45) is 0 Å². The van der Waals surface area contributed by atoms with Crippen LogP contribution in [0, 0.1) is 6.92 Å². The van der Waals surface area contributed by atoms with E-state index in [1.165, 1.54) is 4.21 Å². The molecule has 0 saturated carbocycles. The van der Waals surface area contributed by atoms with E-state index >= 15 is 0 Å². The topological polar surface area (TPSA) is 24.9 Å². The summed E-state index contributed by atoms with van der Waals surface area (Å²) >= 11 is 3.63. The Morgan fingerprint density at radius 3 is 3.10 bits per heavy atom. The molecule has 0 aliphatic carbocycles. The number of nitrogens with one attached hydrogen (secondary N) is 1. The minimum atomic E-state index is 0.509. The Balaban J connectivity index is 2.39. The normalized spacial score (nSPS) is 22.4. The fourth-order valence-corrected chi connectivity index (χ4v) is 3.26. The molecule has 2 rings (SSSR count). The summed E-state index contributed by atoms with van der Waals surface area (Å²) in [4.78, 5) is 4.33. The summed E-state index contributed by atoms with van der Waals surface area (Å²) in [7, 11) is 0. The van der Waals surface area contributed by atoms with Gasteiger partial charge in [-0.15, -0.1) is 11.3 Å². The van der Waals surface area contributed by atoms with Crippen molar-refractivity contribution in [2.45, 2.75) is 23.4 Å². The minimum Gasteiger partial charge on any atom is -0.357 e. The highest BCUT2D eigenvalue weighted by Gasteiger charge is 2.20. The van der Waals surface area contributed by atoms with Gasteiger partial charge in [-0.3, -0.25) is 0 Å². The Bertz CT molecular complexity index is 233. The van der Waals surface area contributed by atoms with Gasteiger partial charge in [-0.25, -0.2) is 4.98 Å². The molecular formula is C6H8N2S2. The van der Waals surface area contributed by atoms with Gasteiger partial charge >= 0.3 is 0 Å². The predicted octanol–water partition coefficient (Wildman–Crippen LogP) is 2.32. The molecule has 1 aliphatic heterocycles. The molecule has 0 bridgehead atoms. The number of anilines is 1. The van der Waals surface area contributed by atoms with Crippen molar-refractivity contribution >= 4 is 28.9 Å². The lowest BCUT2D eigenvalue weighted by Crippen LogP contribution is -2.03. The molecule has 1 aromatic rings. The highest BCUT2D eigenvalue weighted by molar-refractivity contribution is 8.02. The SMILES string of the molecule is Cc1nc2c(s1)SC(C)N2. The zero-order chi connectivity index (χ0) is 7.14. The van der Waals surface area contributed by atoms with Crippen molar-refractivity contribution in [1.82, 2.24) is 4.98 Å². The van der Waals surface area contributed by atoms with Gasteiger partial charge in [-0.05, 0) is 13.8 Å². The van der Waals surface area contributed by atoms with Crippen molar-refractivity contribution in [1.29, 1.82) is 0 Å². The van der Waals surface area contributed by atoms with Gasteiger partial charge in [0.15, 0.2) is 5.82 Å². The number of nitrogens with zero attached hydrogens (tertiary/aromatic N) is 1. The number of thioether (sulfide) groups is 1. The number of hydrogen-bond donors (Lipinski definition) is 1. The Hall–Kier alpha value is -0.220. The maximum Gasteiger partial charge on any atom is 0.152 e. The first-order valence-corrected chi connectivity index (χ1v) is 4.86. The minimum absolute atomic E-state index is 0.509. The van der Waals surface area contributed by atoms with Crippen molar-refractivity contribution in [2.75, 3.05) is 5.32 Å². The highest BCUT2D eigenvalue weighted by Crippen LogP contribution is 2.41. The third-order valence-corrected chi connectivity index (χ3v) is 3.51. The third kappa shape index (κ3) is 0.914. The molecule has 1 atom stereocenters. The lowest BCUT2D eigenvalue weighted by Gasteiger charge is -1.98. The summed E-state index contributed by atoms with van der Waals surface area (Å²) in [5, 5.41) is 4.94. The second-order valence-corrected chi connectivity index (χ2v) is 5.09. The molecule has 0 saturated heterocycles. The number of fused-ring (bicyclic) bond motifs is 1. The van der Waals surface area contributed by atoms with Gasteiger partial charge in [0.05, 0.1) is 10.4 Å². The zero-order valence-corrected chi connectivity index (χ0v) is 7.47. The van der Waals surface area contributed by atoms with Crippen LogP contribution in [0.1, 0.15) is 11.9 Å². The van der Waals surface area contributed by atoms with Gasteiger partial charge in [0.1, 0.15) is 4.21 Å². The number of aromatic nitrogens is 1. The largest absolute Gasteiger partial charge is 0.357 e. The Morgan fingerprint density at radius 2 is 2.40 bits per heavy atom. The first kappa shape index (κ1) is 6.49. The number of aryl methyl sites for hydroxylation is 1. The van der Waals surface area contributed by atoms with Gasteiger partial charge in [-0.2, -0.15) is 0 Å². The second kappa shape index (κ2) is 2.13. The van der Waals surface area contributed by atoms with Crippen LogP contribution in [0.5, 0.6) is 0 Å². The van der Waals surface area contributed by atoms with Crippen LogP contribution < -0.4 is 5.32 Å². The van der Waals surface area contributed by atoms with E-state index in [-0.39, 0.29) is 0 Å². The van der Waals surface area contributed by atoms with Crippen molar-refractivity contribution in [3.8, 4) is 0 Å². The summed E-state index contributed by atoms with van der Waals surface area (Å²) in [6.45, 7) is 4.18. The molecule has 1 unspecified atom stereocenters. The molecule has 2 nitrogen and oxygen atoms in total. The first-order chi connectivity index (χ1) is 4.75. The molecule has 0 aromatic carbocycles. The fraction of sp³-hybridized carbons (Fsp3) is 0.500. The molecule has 0 radical (unpaired) electrons. The maximum atomic E-state index is 4.33. The van der Waals surface area contributed by atoms with Gasteiger partial charge in [0, 0.05) is 0 Å². The van der Waals surface area contributed by atoms with E-state index in [4.69, 9.17) is 0 Å². The molecule has 0 spiro atoms. The molecular weight excluding hydrogens is 164 g/mol.